The van der Waals surface area contributed by atoms with E-state index in [1.54, 1.807) is 12.1 Å². The monoisotopic (exact) mass is 324 g/mol. The molecule has 0 aromatic heterocycles. The number of likely N-dealkylation sites (tertiary alicyclic amines) is 1. The van der Waals surface area contributed by atoms with Gasteiger partial charge in [-0.1, -0.05) is 13.0 Å². The molecule has 0 atom stereocenters. The van der Waals surface area contributed by atoms with E-state index in [-0.39, 0.29) is 0 Å². The Bertz CT molecular complexity index is 591. The van der Waals surface area contributed by atoms with E-state index >= 15 is 0 Å². The molecule has 5 heteroatoms. The number of hydrogen-bond acceptors (Lipinski definition) is 3. The Labute approximate surface area is 135 Å². The van der Waals surface area contributed by atoms with Gasteiger partial charge in [-0.15, -0.1) is 0 Å². The van der Waals surface area contributed by atoms with Crippen molar-refractivity contribution in [2.24, 2.45) is 5.92 Å². The molecule has 1 aliphatic heterocycles. The standard InChI is InChI=1S/C17H28N2O2S/c1-14-7-11-19(12-8-14)10-4-9-18-22(20,21)17-6-5-15(2)16(3)13-17/h5-6,13-14,18H,4,7-12H2,1-3H3. The van der Waals surface area contributed by atoms with Crippen LogP contribution in [0.4, 0.5) is 0 Å². The van der Waals surface area contributed by atoms with Crippen molar-refractivity contribution in [3.8, 4) is 0 Å². The molecule has 0 amide bonds. The van der Waals surface area contributed by atoms with Gasteiger partial charge in [0.15, 0.2) is 0 Å². The maximum Gasteiger partial charge on any atom is 0.240 e. The average molecular weight is 324 g/mol. The Morgan fingerprint density at radius 3 is 2.50 bits per heavy atom. The fourth-order valence-electron chi connectivity index (χ4n) is 2.76. The van der Waals surface area contributed by atoms with Crippen LogP contribution < -0.4 is 4.72 Å². The summed E-state index contributed by atoms with van der Waals surface area (Å²) in [5.74, 6) is 0.833. The smallest absolute Gasteiger partial charge is 0.240 e. The van der Waals surface area contributed by atoms with Gasteiger partial charge < -0.3 is 4.90 Å². The summed E-state index contributed by atoms with van der Waals surface area (Å²) in [5, 5.41) is 0. The zero-order valence-electron chi connectivity index (χ0n) is 13.9. The third-order valence-corrected chi connectivity index (χ3v) is 6.07. The van der Waals surface area contributed by atoms with Crippen molar-refractivity contribution >= 4 is 10.0 Å². The van der Waals surface area contributed by atoms with E-state index in [1.807, 2.05) is 19.9 Å². The van der Waals surface area contributed by atoms with Crippen LogP contribution in [0.2, 0.25) is 0 Å². The summed E-state index contributed by atoms with van der Waals surface area (Å²) >= 11 is 0. The maximum absolute atomic E-state index is 12.3. The summed E-state index contributed by atoms with van der Waals surface area (Å²) in [7, 11) is -3.38. The number of piperidine rings is 1. The van der Waals surface area contributed by atoms with E-state index < -0.39 is 10.0 Å². The number of rotatable bonds is 6. The second kappa shape index (κ2) is 7.57. The normalized spacial score (nSPS) is 17.8. The highest BCUT2D eigenvalue weighted by atomic mass is 32.2. The van der Waals surface area contributed by atoms with Gasteiger partial charge in [0, 0.05) is 6.54 Å². The first-order valence-electron chi connectivity index (χ1n) is 8.18. The summed E-state index contributed by atoms with van der Waals surface area (Å²) in [6.07, 6.45) is 3.38. The lowest BCUT2D eigenvalue weighted by atomic mass is 9.99. The Morgan fingerprint density at radius 2 is 1.86 bits per heavy atom. The third kappa shape index (κ3) is 4.80. The van der Waals surface area contributed by atoms with Crippen LogP contribution >= 0.6 is 0 Å². The summed E-state index contributed by atoms with van der Waals surface area (Å²) in [4.78, 5) is 2.80. The first kappa shape index (κ1) is 17.4. The highest BCUT2D eigenvalue weighted by Crippen LogP contribution is 2.16. The lowest BCUT2D eigenvalue weighted by molar-refractivity contribution is 0.191. The Balaban J connectivity index is 1.79. The second-order valence-corrected chi connectivity index (χ2v) is 8.29. The predicted octanol–water partition coefficient (Wildman–Crippen LogP) is 2.70. The highest BCUT2D eigenvalue weighted by molar-refractivity contribution is 7.89. The molecule has 4 nitrogen and oxygen atoms in total. The van der Waals surface area contributed by atoms with Gasteiger partial charge in [-0.25, -0.2) is 13.1 Å². The first-order chi connectivity index (χ1) is 10.4. The molecule has 1 aromatic rings. The Hall–Kier alpha value is -0.910. The molecule has 1 aliphatic rings. The fourth-order valence-corrected chi connectivity index (χ4v) is 3.92. The fraction of sp³-hybridized carbons (Fsp3) is 0.647. The number of aryl methyl sites for hydroxylation is 2. The van der Waals surface area contributed by atoms with Crippen LogP contribution in [0.1, 0.15) is 37.3 Å². The van der Waals surface area contributed by atoms with Crippen molar-refractivity contribution < 1.29 is 8.42 Å². The van der Waals surface area contributed by atoms with Crippen molar-refractivity contribution in [2.75, 3.05) is 26.2 Å². The van der Waals surface area contributed by atoms with Crippen molar-refractivity contribution in [3.63, 3.8) is 0 Å². The third-order valence-electron chi connectivity index (χ3n) is 4.61. The van der Waals surface area contributed by atoms with Crippen LogP contribution in [0.5, 0.6) is 0 Å². The maximum atomic E-state index is 12.3. The summed E-state index contributed by atoms with van der Waals surface area (Å²) in [6, 6.07) is 5.28. The van der Waals surface area contributed by atoms with E-state index in [2.05, 4.69) is 16.5 Å². The summed E-state index contributed by atoms with van der Waals surface area (Å²) in [5.41, 5.74) is 2.11. The van der Waals surface area contributed by atoms with Crippen molar-refractivity contribution in [1.29, 1.82) is 0 Å². The van der Waals surface area contributed by atoms with Gasteiger partial charge in [-0.3, -0.25) is 0 Å². The van der Waals surface area contributed by atoms with Gasteiger partial charge in [0.1, 0.15) is 0 Å². The zero-order chi connectivity index (χ0) is 16.2. The number of nitrogens with zero attached hydrogens (tertiary/aromatic N) is 1. The van der Waals surface area contributed by atoms with Crippen LogP contribution in [-0.2, 0) is 10.0 Å². The predicted molar refractivity (Wildman–Crippen MR) is 90.6 cm³/mol. The van der Waals surface area contributed by atoms with Gasteiger partial charge in [-0.2, -0.15) is 0 Å². The second-order valence-electron chi connectivity index (χ2n) is 6.52. The van der Waals surface area contributed by atoms with Crippen LogP contribution in [0, 0.1) is 19.8 Å². The lowest BCUT2D eigenvalue weighted by Crippen LogP contribution is -2.35. The SMILES string of the molecule is Cc1ccc(S(=O)(=O)NCCCN2CCC(C)CC2)cc1C. The van der Waals surface area contributed by atoms with E-state index in [0.717, 1.165) is 43.1 Å². The minimum Gasteiger partial charge on any atom is -0.303 e. The Morgan fingerprint density at radius 1 is 1.18 bits per heavy atom. The largest absolute Gasteiger partial charge is 0.303 e. The topological polar surface area (TPSA) is 49.4 Å². The molecule has 0 unspecified atom stereocenters. The van der Waals surface area contributed by atoms with Gasteiger partial charge in [0.05, 0.1) is 4.90 Å². The molecule has 0 saturated carbocycles. The van der Waals surface area contributed by atoms with Gasteiger partial charge in [-0.05, 0) is 81.9 Å². The molecule has 2 rings (SSSR count). The number of benzene rings is 1. The average Bonchev–Trinajstić information content (AvgIpc) is 2.48. The minimum atomic E-state index is -3.38. The summed E-state index contributed by atoms with van der Waals surface area (Å²) in [6.45, 7) is 9.99. The molecular formula is C17H28N2O2S. The van der Waals surface area contributed by atoms with Gasteiger partial charge >= 0.3 is 0 Å². The van der Waals surface area contributed by atoms with Crippen LogP contribution in [0.15, 0.2) is 23.1 Å². The van der Waals surface area contributed by atoms with E-state index in [9.17, 15) is 8.42 Å². The molecule has 0 spiro atoms. The highest BCUT2D eigenvalue weighted by Gasteiger charge is 2.16. The molecule has 1 heterocycles. The molecule has 1 aromatic carbocycles. The molecule has 0 aliphatic carbocycles. The molecule has 0 radical (unpaired) electrons. The van der Waals surface area contributed by atoms with E-state index in [4.69, 9.17) is 0 Å². The Kier molecular flexibility index (Phi) is 6.01. The first-order valence-corrected chi connectivity index (χ1v) is 9.66. The van der Waals surface area contributed by atoms with Crippen molar-refractivity contribution in [3.05, 3.63) is 29.3 Å². The number of nitrogens with one attached hydrogen (secondary N) is 1. The van der Waals surface area contributed by atoms with Crippen molar-refractivity contribution in [2.45, 2.75) is 44.9 Å². The van der Waals surface area contributed by atoms with Crippen LogP contribution in [0.3, 0.4) is 0 Å². The lowest BCUT2D eigenvalue weighted by Gasteiger charge is -2.30. The zero-order valence-corrected chi connectivity index (χ0v) is 14.7. The molecular weight excluding hydrogens is 296 g/mol. The van der Waals surface area contributed by atoms with Gasteiger partial charge in [0.2, 0.25) is 10.0 Å². The van der Waals surface area contributed by atoms with E-state index in [1.165, 1.54) is 12.8 Å². The number of sulfonamides is 1. The summed E-state index contributed by atoms with van der Waals surface area (Å²) < 4.78 is 27.2. The number of hydrogen-bond donors (Lipinski definition) is 1. The minimum absolute atomic E-state index is 0.363. The van der Waals surface area contributed by atoms with Crippen LogP contribution in [0.25, 0.3) is 0 Å². The van der Waals surface area contributed by atoms with Crippen molar-refractivity contribution in [1.82, 2.24) is 9.62 Å². The van der Waals surface area contributed by atoms with Crippen LogP contribution in [-0.4, -0.2) is 39.5 Å². The quantitative estimate of drug-likeness (QED) is 0.819. The molecule has 1 saturated heterocycles. The van der Waals surface area contributed by atoms with Gasteiger partial charge in [0.25, 0.3) is 0 Å². The molecule has 124 valence electrons. The molecule has 1 N–H and O–H groups in total. The molecule has 22 heavy (non-hydrogen) atoms. The van der Waals surface area contributed by atoms with E-state index in [0.29, 0.717) is 11.4 Å². The molecule has 1 fully saturated rings. The molecule has 0 bridgehead atoms.